The summed E-state index contributed by atoms with van der Waals surface area (Å²) in [6.45, 7) is 0.102. The summed E-state index contributed by atoms with van der Waals surface area (Å²) in [5.41, 5.74) is -0.625. The Bertz CT molecular complexity index is 1120. The van der Waals surface area contributed by atoms with E-state index >= 15 is 0 Å². The van der Waals surface area contributed by atoms with Gasteiger partial charge < -0.3 is 9.73 Å². The van der Waals surface area contributed by atoms with Crippen LogP contribution in [-0.4, -0.2) is 26.6 Å². The number of carbonyl (C=O) groups excluding carboxylic acids is 1. The van der Waals surface area contributed by atoms with Crippen molar-refractivity contribution in [2.24, 2.45) is 0 Å². The molecule has 0 aliphatic heterocycles. The fourth-order valence-corrected chi connectivity index (χ4v) is 4.09. The van der Waals surface area contributed by atoms with Crippen LogP contribution in [0.15, 0.2) is 76.0 Å². The summed E-state index contributed by atoms with van der Waals surface area (Å²) in [6.07, 6.45) is -4.28. The zero-order valence-electron chi connectivity index (χ0n) is 15.6. The molecule has 0 spiro atoms. The van der Waals surface area contributed by atoms with Gasteiger partial charge in [-0.15, -0.1) is 0 Å². The van der Waals surface area contributed by atoms with E-state index in [0.717, 1.165) is 12.1 Å². The lowest BCUT2D eigenvalue weighted by atomic mass is 10.1. The van der Waals surface area contributed by atoms with Gasteiger partial charge in [-0.1, -0.05) is 30.3 Å². The molecule has 5 nitrogen and oxygen atoms in total. The SMILES string of the molecule is O=C(NCCCS(=O)(=O)c1ccccc1)c1ccc(-c2cccc(C(F)(F)F)c2)o1. The molecule has 30 heavy (non-hydrogen) atoms. The highest BCUT2D eigenvalue weighted by atomic mass is 32.2. The highest BCUT2D eigenvalue weighted by Crippen LogP contribution is 2.32. The predicted molar refractivity (Wildman–Crippen MR) is 105 cm³/mol. The average molecular weight is 437 g/mol. The normalized spacial score (nSPS) is 12.0. The molecule has 0 bridgehead atoms. The lowest BCUT2D eigenvalue weighted by molar-refractivity contribution is -0.137. The van der Waals surface area contributed by atoms with Crippen LogP contribution in [0.4, 0.5) is 13.2 Å². The Morgan fingerprint density at radius 2 is 1.70 bits per heavy atom. The summed E-state index contributed by atoms with van der Waals surface area (Å²) in [7, 11) is -3.44. The molecule has 3 aromatic rings. The van der Waals surface area contributed by atoms with Crippen LogP contribution in [0.2, 0.25) is 0 Å². The smallest absolute Gasteiger partial charge is 0.416 e. The lowest BCUT2D eigenvalue weighted by Gasteiger charge is -2.07. The van der Waals surface area contributed by atoms with Crippen molar-refractivity contribution in [1.82, 2.24) is 5.32 Å². The second-order valence-corrected chi connectivity index (χ2v) is 8.59. The van der Waals surface area contributed by atoms with Gasteiger partial charge >= 0.3 is 6.18 Å². The molecule has 1 aromatic heterocycles. The maximum Gasteiger partial charge on any atom is 0.416 e. The van der Waals surface area contributed by atoms with Gasteiger partial charge in [-0.05, 0) is 42.8 Å². The van der Waals surface area contributed by atoms with Gasteiger partial charge in [-0.2, -0.15) is 13.2 Å². The number of hydrogen-bond donors (Lipinski definition) is 1. The summed E-state index contributed by atoms with van der Waals surface area (Å²) < 4.78 is 68.3. The first-order valence-electron chi connectivity index (χ1n) is 9.00. The third-order valence-electron chi connectivity index (χ3n) is 4.28. The quantitative estimate of drug-likeness (QED) is 0.550. The molecule has 0 radical (unpaired) electrons. The third-order valence-corrected chi connectivity index (χ3v) is 6.10. The molecule has 1 amide bonds. The topological polar surface area (TPSA) is 76.4 Å². The highest BCUT2D eigenvalue weighted by molar-refractivity contribution is 7.91. The maximum atomic E-state index is 12.8. The maximum absolute atomic E-state index is 12.8. The Morgan fingerprint density at radius 1 is 0.967 bits per heavy atom. The second kappa shape index (κ2) is 8.74. The van der Waals surface area contributed by atoms with E-state index in [1.54, 1.807) is 18.2 Å². The summed E-state index contributed by atoms with van der Waals surface area (Å²) in [6, 6.07) is 15.3. The van der Waals surface area contributed by atoms with Gasteiger partial charge in [-0.3, -0.25) is 4.79 Å². The molecule has 0 aliphatic rings. The minimum absolute atomic E-state index is 0.0756. The molecule has 0 saturated heterocycles. The molecular weight excluding hydrogens is 419 g/mol. The van der Waals surface area contributed by atoms with E-state index in [1.165, 1.54) is 36.4 Å². The van der Waals surface area contributed by atoms with E-state index < -0.39 is 27.5 Å². The molecule has 0 fully saturated rings. The van der Waals surface area contributed by atoms with Crippen LogP contribution in [0.1, 0.15) is 22.5 Å². The van der Waals surface area contributed by atoms with Crippen molar-refractivity contribution < 1.29 is 30.8 Å². The molecule has 3 rings (SSSR count). The Balaban J connectivity index is 1.57. The molecular formula is C21H18F3NO4S. The minimum atomic E-state index is -4.48. The van der Waals surface area contributed by atoms with Crippen molar-refractivity contribution in [3.8, 4) is 11.3 Å². The molecule has 0 unspecified atom stereocenters. The van der Waals surface area contributed by atoms with Crippen LogP contribution >= 0.6 is 0 Å². The van der Waals surface area contributed by atoms with Crippen LogP contribution in [0, 0.1) is 0 Å². The number of hydrogen-bond acceptors (Lipinski definition) is 4. The van der Waals surface area contributed by atoms with Gasteiger partial charge in [0.25, 0.3) is 5.91 Å². The second-order valence-electron chi connectivity index (χ2n) is 6.48. The van der Waals surface area contributed by atoms with Crippen molar-refractivity contribution in [3.05, 3.63) is 78.1 Å². The number of sulfone groups is 1. The minimum Gasteiger partial charge on any atom is -0.451 e. The largest absolute Gasteiger partial charge is 0.451 e. The van der Waals surface area contributed by atoms with E-state index in [0.29, 0.717) is 0 Å². The first kappa shape index (κ1) is 21.6. The van der Waals surface area contributed by atoms with E-state index in [-0.39, 0.29) is 40.7 Å². The number of furan rings is 1. The lowest BCUT2D eigenvalue weighted by Crippen LogP contribution is -2.25. The molecule has 1 N–H and O–H groups in total. The van der Waals surface area contributed by atoms with E-state index in [4.69, 9.17) is 4.42 Å². The zero-order chi connectivity index (χ0) is 21.8. The van der Waals surface area contributed by atoms with E-state index in [9.17, 15) is 26.4 Å². The molecule has 158 valence electrons. The first-order chi connectivity index (χ1) is 14.2. The van der Waals surface area contributed by atoms with E-state index in [1.807, 2.05) is 0 Å². The number of carbonyl (C=O) groups is 1. The summed E-state index contributed by atoms with van der Waals surface area (Å²) in [4.78, 5) is 12.4. The summed E-state index contributed by atoms with van der Waals surface area (Å²) in [5.74, 6) is -0.665. The fourth-order valence-electron chi connectivity index (χ4n) is 2.76. The summed E-state index contributed by atoms with van der Waals surface area (Å²) in [5, 5.41) is 2.55. The molecule has 0 saturated carbocycles. The van der Waals surface area contributed by atoms with Gasteiger partial charge in [0, 0.05) is 12.1 Å². The van der Waals surface area contributed by atoms with Crippen molar-refractivity contribution in [3.63, 3.8) is 0 Å². The van der Waals surface area contributed by atoms with Crippen LogP contribution in [0.3, 0.4) is 0 Å². The summed E-state index contributed by atoms with van der Waals surface area (Å²) >= 11 is 0. The monoisotopic (exact) mass is 437 g/mol. The van der Waals surface area contributed by atoms with E-state index in [2.05, 4.69) is 5.32 Å². The first-order valence-corrected chi connectivity index (χ1v) is 10.7. The van der Waals surface area contributed by atoms with Crippen LogP contribution < -0.4 is 5.32 Å². The third kappa shape index (κ3) is 5.29. The van der Waals surface area contributed by atoms with Crippen molar-refractivity contribution in [2.45, 2.75) is 17.5 Å². The Hall–Kier alpha value is -3.07. The average Bonchev–Trinajstić information content (AvgIpc) is 3.22. The van der Waals surface area contributed by atoms with Crippen molar-refractivity contribution >= 4 is 15.7 Å². The molecule has 2 aromatic carbocycles. The van der Waals surface area contributed by atoms with Crippen LogP contribution in [-0.2, 0) is 16.0 Å². The zero-order valence-corrected chi connectivity index (χ0v) is 16.5. The number of benzene rings is 2. The fraction of sp³-hybridized carbons (Fsp3) is 0.190. The highest BCUT2D eigenvalue weighted by Gasteiger charge is 2.30. The predicted octanol–water partition coefficient (Wildman–Crippen LogP) is 4.56. The van der Waals surface area contributed by atoms with Gasteiger partial charge in [0.2, 0.25) is 0 Å². The van der Waals surface area contributed by atoms with Gasteiger partial charge in [-0.25, -0.2) is 8.42 Å². The van der Waals surface area contributed by atoms with Crippen LogP contribution in [0.25, 0.3) is 11.3 Å². The molecule has 9 heteroatoms. The Labute approximate surface area is 171 Å². The molecule has 0 atom stereocenters. The number of amides is 1. The number of halogens is 3. The molecule has 0 aliphatic carbocycles. The number of alkyl halides is 3. The Morgan fingerprint density at radius 3 is 2.40 bits per heavy atom. The van der Waals surface area contributed by atoms with Crippen molar-refractivity contribution in [1.29, 1.82) is 0 Å². The van der Waals surface area contributed by atoms with Crippen molar-refractivity contribution in [2.75, 3.05) is 12.3 Å². The standard InChI is InChI=1S/C21H18F3NO4S/c22-21(23,24)16-7-4-6-15(14-16)18-10-11-19(29-18)20(26)25-12-5-13-30(27,28)17-8-2-1-3-9-17/h1-4,6-11,14H,5,12-13H2,(H,25,26). The number of rotatable bonds is 7. The van der Waals surface area contributed by atoms with Gasteiger partial charge in [0.05, 0.1) is 16.2 Å². The van der Waals surface area contributed by atoms with Gasteiger partial charge in [0.15, 0.2) is 15.6 Å². The van der Waals surface area contributed by atoms with Crippen LogP contribution in [0.5, 0.6) is 0 Å². The van der Waals surface area contributed by atoms with Gasteiger partial charge in [0.1, 0.15) is 5.76 Å². The molecule has 1 heterocycles. The number of nitrogens with one attached hydrogen (secondary N) is 1. The Kier molecular flexibility index (Phi) is 6.31.